The van der Waals surface area contributed by atoms with E-state index in [1.165, 1.54) is 0 Å². The molecule has 2 heterocycles. The maximum Gasteiger partial charge on any atom is 0.240 e. The molecule has 4 rings (SSSR count). The molecule has 0 aliphatic heterocycles. The van der Waals surface area contributed by atoms with Gasteiger partial charge >= 0.3 is 0 Å². The summed E-state index contributed by atoms with van der Waals surface area (Å²) in [4.78, 5) is 13.1. The number of hydrogen-bond donors (Lipinski definition) is 1. The van der Waals surface area contributed by atoms with E-state index in [9.17, 15) is 0 Å². The number of ether oxygens (including phenoxy) is 2. The van der Waals surface area contributed by atoms with E-state index in [2.05, 4.69) is 25.4 Å². The van der Waals surface area contributed by atoms with E-state index < -0.39 is 0 Å². The lowest BCUT2D eigenvalue weighted by Gasteiger charge is -2.10. The van der Waals surface area contributed by atoms with Gasteiger partial charge in [-0.3, -0.25) is 0 Å². The highest BCUT2D eigenvalue weighted by Crippen LogP contribution is 2.25. The standard InChI is InChI=1S/C23H23N5O3/c1-15-25-11-10-20(26-15)16-4-6-17(7-5-16)23-27-22(31-28-23)14-24-13-18-8-9-19(29-2)12-21(18)30-3/h4-12,24H,13-14H2,1-3H3. The minimum absolute atomic E-state index is 0.445. The summed E-state index contributed by atoms with van der Waals surface area (Å²) in [5.74, 6) is 3.31. The average molecular weight is 417 g/mol. The first kappa shape index (κ1) is 20.5. The first-order chi connectivity index (χ1) is 15.2. The number of hydrogen-bond acceptors (Lipinski definition) is 8. The molecule has 8 nitrogen and oxygen atoms in total. The zero-order chi connectivity index (χ0) is 21.6. The minimum atomic E-state index is 0.445. The van der Waals surface area contributed by atoms with Crippen molar-refractivity contribution in [1.29, 1.82) is 0 Å². The van der Waals surface area contributed by atoms with E-state index in [-0.39, 0.29) is 0 Å². The largest absolute Gasteiger partial charge is 0.497 e. The fourth-order valence-electron chi connectivity index (χ4n) is 3.15. The van der Waals surface area contributed by atoms with Crippen LogP contribution in [0.25, 0.3) is 22.6 Å². The Kier molecular flexibility index (Phi) is 6.18. The highest BCUT2D eigenvalue weighted by atomic mass is 16.5. The maximum absolute atomic E-state index is 5.42. The van der Waals surface area contributed by atoms with Crippen molar-refractivity contribution in [3.8, 4) is 34.1 Å². The van der Waals surface area contributed by atoms with Gasteiger partial charge in [0.1, 0.15) is 17.3 Å². The molecule has 2 aromatic carbocycles. The summed E-state index contributed by atoms with van der Waals surface area (Å²) in [6, 6.07) is 15.5. The molecule has 0 bridgehead atoms. The van der Waals surface area contributed by atoms with Gasteiger partial charge in [-0.25, -0.2) is 9.97 Å². The highest BCUT2D eigenvalue weighted by molar-refractivity contribution is 5.64. The molecule has 8 heteroatoms. The molecule has 0 unspecified atom stereocenters. The lowest BCUT2D eigenvalue weighted by atomic mass is 10.1. The van der Waals surface area contributed by atoms with Crippen molar-refractivity contribution in [2.24, 2.45) is 0 Å². The molecule has 158 valence electrons. The van der Waals surface area contributed by atoms with E-state index in [1.807, 2.05) is 55.5 Å². The van der Waals surface area contributed by atoms with Crippen LogP contribution >= 0.6 is 0 Å². The Morgan fingerprint density at radius 2 is 1.71 bits per heavy atom. The zero-order valence-corrected chi connectivity index (χ0v) is 17.6. The van der Waals surface area contributed by atoms with Gasteiger partial charge in [-0.15, -0.1) is 0 Å². The van der Waals surface area contributed by atoms with E-state index in [1.54, 1.807) is 20.4 Å². The van der Waals surface area contributed by atoms with E-state index >= 15 is 0 Å². The Hall–Kier alpha value is -3.78. The predicted molar refractivity (Wildman–Crippen MR) is 116 cm³/mol. The molecule has 0 saturated carbocycles. The van der Waals surface area contributed by atoms with Gasteiger partial charge in [0, 0.05) is 35.5 Å². The van der Waals surface area contributed by atoms with Gasteiger partial charge in [-0.2, -0.15) is 4.98 Å². The molecule has 0 radical (unpaired) electrons. The quantitative estimate of drug-likeness (QED) is 0.462. The number of methoxy groups -OCH3 is 2. The molecular formula is C23H23N5O3. The van der Waals surface area contributed by atoms with Gasteiger partial charge in [0.25, 0.3) is 0 Å². The smallest absolute Gasteiger partial charge is 0.240 e. The summed E-state index contributed by atoms with van der Waals surface area (Å²) in [5.41, 5.74) is 3.78. The second kappa shape index (κ2) is 9.36. The van der Waals surface area contributed by atoms with Crippen molar-refractivity contribution in [3.05, 3.63) is 72.0 Å². The van der Waals surface area contributed by atoms with Crippen LogP contribution in [-0.4, -0.2) is 34.3 Å². The van der Waals surface area contributed by atoms with Crippen molar-refractivity contribution in [1.82, 2.24) is 25.4 Å². The molecule has 31 heavy (non-hydrogen) atoms. The number of aryl methyl sites for hydroxylation is 1. The Bertz CT molecular complexity index is 1160. The molecule has 2 aromatic heterocycles. The highest BCUT2D eigenvalue weighted by Gasteiger charge is 2.10. The number of nitrogens with zero attached hydrogens (tertiary/aromatic N) is 4. The number of benzene rings is 2. The third-order valence-corrected chi connectivity index (χ3v) is 4.77. The predicted octanol–water partition coefficient (Wildman–Crippen LogP) is 3.81. The Morgan fingerprint density at radius 1 is 0.903 bits per heavy atom. The van der Waals surface area contributed by atoms with Crippen LogP contribution in [0.4, 0.5) is 0 Å². The second-order valence-electron chi connectivity index (χ2n) is 6.86. The SMILES string of the molecule is COc1ccc(CNCc2nc(-c3ccc(-c4ccnc(C)n4)cc3)no2)c(OC)c1. The van der Waals surface area contributed by atoms with E-state index in [0.717, 1.165) is 39.7 Å². The lowest BCUT2D eigenvalue weighted by molar-refractivity contribution is 0.365. The molecule has 0 aliphatic rings. The van der Waals surface area contributed by atoms with Crippen LogP contribution in [0.5, 0.6) is 11.5 Å². The summed E-state index contributed by atoms with van der Waals surface area (Å²) in [7, 11) is 3.27. The van der Waals surface area contributed by atoms with Crippen LogP contribution in [0.2, 0.25) is 0 Å². The van der Waals surface area contributed by atoms with Crippen molar-refractivity contribution < 1.29 is 14.0 Å². The van der Waals surface area contributed by atoms with Crippen LogP contribution in [0.1, 0.15) is 17.3 Å². The summed E-state index contributed by atoms with van der Waals surface area (Å²) in [6.07, 6.45) is 1.76. The van der Waals surface area contributed by atoms with Gasteiger partial charge < -0.3 is 19.3 Å². The first-order valence-electron chi connectivity index (χ1n) is 9.81. The molecule has 1 N–H and O–H groups in total. The summed E-state index contributed by atoms with van der Waals surface area (Å²) >= 11 is 0. The van der Waals surface area contributed by atoms with E-state index in [4.69, 9.17) is 14.0 Å². The van der Waals surface area contributed by atoms with Crippen molar-refractivity contribution in [3.63, 3.8) is 0 Å². The second-order valence-corrected chi connectivity index (χ2v) is 6.86. The molecule has 0 fully saturated rings. The molecule has 0 atom stereocenters. The molecule has 4 aromatic rings. The fraction of sp³-hybridized carbons (Fsp3) is 0.217. The van der Waals surface area contributed by atoms with Crippen LogP contribution < -0.4 is 14.8 Å². The topological polar surface area (TPSA) is 95.2 Å². The van der Waals surface area contributed by atoms with Crippen LogP contribution in [0.15, 0.2) is 59.3 Å². The molecule has 0 saturated heterocycles. The lowest BCUT2D eigenvalue weighted by Crippen LogP contribution is -2.13. The average Bonchev–Trinajstić information content (AvgIpc) is 3.28. The van der Waals surface area contributed by atoms with Crippen molar-refractivity contribution in [2.75, 3.05) is 14.2 Å². The number of aromatic nitrogens is 4. The van der Waals surface area contributed by atoms with Crippen LogP contribution in [0.3, 0.4) is 0 Å². The molecule has 0 aliphatic carbocycles. The van der Waals surface area contributed by atoms with Crippen LogP contribution in [0, 0.1) is 6.92 Å². The molecule has 0 spiro atoms. The monoisotopic (exact) mass is 417 g/mol. The van der Waals surface area contributed by atoms with Gasteiger partial charge in [0.2, 0.25) is 11.7 Å². The zero-order valence-electron chi connectivity index (χ0n) is 17.6. The summed E-state index contributed by atoms with van der Waals surface area (Å²) in [5, 5.41) is 7.39. The normalized spacial score (nSPS) is 10.8. The Morgan fingerprint density at radius 3 is 2.45 bits per heavy atom. The first-order valence-corrected chi connectivity index (χ1v) is 9.81. The third kappa shape index (κ3) is 4.87. The summed E-state index contributed by atoms with van der Waals surface area (Å²) in [6.45, 7) is 2.91. The Balaban J connectivity index is 1.38. The van der Waals surface area contributed by atoms with Gasteiger partial charge in [-0.1, -0.05) is 35.5 Å². The van der Waals surface area contributed by atoms with Crippen molar-refractivity contribution >= 4 is 0 Å². The minimum Gasteiger partial charge on any atom is -0.497 e. The number of rotatable bonds is 8. The fourth-order valence-corrected chi connectivity index (χ4v) is 3.15. The molecule has 0 amide bonds. The third-order valence-electron chi connectivity index (χ3n) is 4.77. The van der Waals surface area contributed by atoms with Crippen molar-refractivity contribution in [2.45, 2.75) is 20.0 Å². The van der Waals surface area contributed by atoms with Gasteiger partial charge in [0.05, 0.1) is 26.5 Å². The van der Waals surface area contributed by atoms with Gasteiger partial charge in [-0.05, 0) is 19.1 Å². The summed E-state index contributed by atoms with van der Waals surface area (Å²) < 4.78 is 16.0. The van der Waals surface area contributed by atoms with Gasteiger partial charge in [0.15, 0.2) is 0 Å². The Labute approximate surface area is 180 Å². The van der Waals surface area contributed by atoms with Crippen LogP contribution in [-0.2, 0) is 13.1 Å². The van der Waals surface area contributed by atoms with E-state index in [0.29, 0.717) is 24.8 Å². The maximum atomic E-state index is 5.42. The number of nitrogens with one attached hydrogen (secondary N) is 1. The molecular weight excluding hydrogens is 394 g/mol.